The molecule has 106 valence electrons. The van der Waals surface area contributed by atoms with Crippen LogP contribution in [0.5, 0.6) is 23.5 Å². The lowest BCUT2D eigenvalue weighted by Crippen LogP contribution is -1.99. The summed E-state index contributed by atoms with van der Waals surface area (Å²) in [6.45, 7) is 0. The third kappa shape index (κ3) is 3.00. The van der Waals surface area contributed by atoms with E-state index in [1.807, 2.05) is 0 Å². The molecule has 0 amide bonds. The normalized spacial score (nSPS) is 10.2. The van der Waals surface area contributed by atoms with Crippen LogP contribution in [0.1, 0.15) is 0 Å². The van der Waals surface area contributed by atoms with Crippen LogP contribution in [0.25, 0.3) is 0 Å². The van der Waals surface area contributed by atoms with Gasteiger partial charge in [-0.3, -0.25) is 0 Å². The maximum absolute atomic E-state index is 13.2. The maximum atomic E-state index is 13.2. The van der Waals surface area contributed by atoms with Crippen LogP contribution in [0.2, 0.25) is 5.02 Å². The van der Waals surface area contributed by atoms with Crippen molar-refractivity contribution in [2.24, 2.45) is 0 Å². The maximum Gasteiger partial charge on any atom is 0.328 e. The highest BCUT2D eigenvalue weighted by atomic mass is 35.5. The summed E-state index contributed by atoms with van der Waals surface area (Å²) in [7, 11) is 2.88. The largest absolute Gasteiger partial charge is 0.481 e. The first-order valence-corrected chi connectivity index (χ1v) is 5.80. The first kappa shape index (κ1) is 14.1. The number of ether oxygens (including phenoxy) is 3. The number of aromatic nitrogens is 2. The Hall–Kier alpha value is -2.28. The van der Waals surface area contributed by atoms with Crippen LogP contribution in [0.3, 0.4) is 0 Å². The predicted octanol–water partition coefficient (Wildman–Crippen LogP) is 2.66. The van der Waals surface area contributed by atoms with Gasteiger partial charge in [0, 0.05) is 6.07 Å². The van der Waals surface area contributed by atoms with Gasteiger partial charge in [-0.15, -0.1) is 0 Å². The van der Waals surface area contributed by atoms with Gasteiger partial charge in [0.15, 0.2) is 5.75 Å². The molecule has 6 nitrogen and oxygen atoms in total. The highest BCUT2D eigenvalue weighted by molar-refractivity contribution is 6.32. The van der Waals surface area contributed by atoms with Gasteiger partial charge in [-0.05, 0) is 6.07 Å². The van der Waals surface area contributed by atoms with Gasteiger partial charge in [-0.25, -0.2) is 4.39 Å². The monoisotopic (exact) mass is 299 g/mol. The molecule has 0 saturated heterocycles. The van der Waals surface area contributed by atoms with E-state index in [0.717, 1.165) is 6.07 Å². The second-order valence-electron chi connectivity index (χ2n) is 3.64. The number of anilines is 1. The van der Waals surface area contributed by atoms with Crippen LogP contribution < -0.4 is 19.9 Å². The molecule has 2 aromatic rings. The fourth-order valence-corrected chi connectivity index (χ4v) is 1.55. The Morgan fingerprint density at radius 2 is 1.70 bits per heavy atom. The quantitative estimate of drug-likeness (QED) is 0.874. The van der Waals surface area contributed by atoms with Gasteiger partial charge < -0.3 is 19.9 Å². The molecule has 8 heteroatoms. The van der Waals surface area contributed by atoms with Crippen molar-refractivity contribution in [1.82, 2.24) is 9.97 Å². The molecule has 0 aliphatic carbocycles. The third-order valence-corrected chi connectivity index (χ3v) is 2.62. The molecular weight excluding hydrogens is 289 g/mol. The number of rotatable bonds is 4. The van der Waals surface area contributed by atoms with Crippen LogP contribution in [0, 0.1) is 5.82 Å². The van der Waals surface area contributed by atoms with Crippen LogP contribution in [0.15, 0.2) is 18.2 Å². The fourth-order valence-electron chi connectivity index (χ4n) is 1.36. The number of nitrogens with zero attached hydrogens (tertiary/aromatic N) is 2. The van der Waals surface area contributed by atoms with E-state index in [9.17, 15) is 4.39 Å². The van der Waals surface area contributed by atoms with Crippen LogP contribution in [-0.4, -0.2) is 24.2 Å². The van der Waals surface area contributed by atoms with E-state index in [1.54, 1.807) is 0 Å². The Bertz CT molecular complexity index is 617. The molecule has 0 spiro atoms. The smallest absolute Gasteiger partial charge is 0.328 e. The first-order chi connectivity index (χ1) is 9.53. The molecular formula is C12H11ClFN3O3. The van der Waals surface area contributed by atoms with Gasteiger partial charge in [0.05, 0.1) is 31.0 Å². The molecule has 1 aromatic heterocycles. The second kappa shape index (κ2) is 5.79. The van der Waals surface area contributed by atoms with E-state index in [1.165, 1.54) is 26.4 Å². The second-order valence-corrected chi connectivity index (χ2v) is 4.05. The Morgan fingerprint density at radius 1 is 1.10 bits per heavy atom. The number of methoxy groups -OCH3 is 2. The van der Waals surface area contributed by atoms with E-state index >= 15 is 0 Å². The molecule has 0 aliphatic rings. The summed E-state index contributed by atoms with van der Waals surface area (Å²) in [6, 6.07) is 3.71. The van der Waals surface area contributed by atoms with E-state index in [0.29, 0.717) is 0 Å². The van der Waals surface area contributed by atoms with Gasteiger partial charge in [0.2, 0.25) is 11.8 Å². The summed E-state index contributed by atoms with van der Waals surface area (Å²) in [6.07, 6.45) is 0. The topological polar surface area (TPSA) is 79.5 Å². The van der Waals surface area contributed by atoms with E-state index in [4.69, 9.17) is 31.5 Å². The zero-order valence-corrected chi connectivity index (χ0v) is 11.4. The SMILES string of the molecule is COc1cc(OC)nc(Oc2cc(N)c(F)cc2Cl)n1. The van der Waals surface area contributed by atoms with Crippen LogP contribution >= 0.6 is 11.6 Å². The minimum absolute atomic E-state index is 0.0436. The summed E-state index contributed by atoms with van der Waals surface area (Å²) in [5.41, 5.74) is 5.35. The lowest BCUT2D eigenvalue weighted by molar-refractivity contribution is 0.348. The number of hydrogen-bond donors (Lipinski definition) is 1. The first-order valence-electron chi connectivity index (χ1n) is 5.43. The summed E-state index contributed by atoms with van der Waals surface area (Å²) < 4.78 is 28.5. The van der Waals surface area contributed by atoms with Crippen molar-refractivity contribution in [1.29, 1.82) is 0 Å². The van der Waals surface area contributed by atoms with E-state index < -0.39 is 5.82 Å². The van der Waals surface area contributed by atoms with Crippen molar-refractivity contribution >= 4 is 17.3 Å². The molecule has 0 radical (unpaired) electrons. The predicted molar refractivity (Wildman–Crippen MR) is 71.0 cm³/mol. The number of benzene rings is 1. The molecule has 20 heavy (non-hydrogen) atoms. The van der Waals surface area contributed by atoms with E-state index in [2.05, 4.69) is 9.97 Å². The Balaban J connectivity index is 2.36. The molecule has 0 unspecified atom stereocenters. The average molecular weight is 300 g/mol. The number of nitrogen functional groups attached to an aromatic ring is 1. The highest BCUT2D eigenvalue weighted by Gasteiger charge is 2.12. The van der Waals surface area contributed by atoms with Gasteiger partial charge >= 0.3 is 6.01 Å². The Kier molecular flexibility index (Phi) is 4.09. The van der Waals surface area contributed by atoms with Crippen molar-refractivity contribution in [2.75, 3.05) is 20.0 Å². The number of nitrogens with two attached hydrogens (primary N) is 1. The van der Waals surface area contributed by atoms with Crippen molar-refractivity contribution in [3.63, 3.8) is 0 Å². The standard InChI is InChI=1S/C12H11ClFN3O3/c1-18-10-5-11(19-2)17-12(16-10)20-9-4-8(15)7(14)3-6(9)13/h3-5H,15H2,1-2H3. The third-order valence-electron chi connectivity index (χ3n) is 2.33. The molecule has 0 aliphatic heterocycles. The minimum Gasteiger partial charge on any atom is -0.481 e. The van der Waals surface area contributed by atoms with Crippen molar-refractivity contribution in [3.05, 3.63) is 29.0 Å². The average Bonchev–Trinajstić information content (AvgIpc) is 2.44. The molecule has 2 N–H and O–H groups in total. The van der Waals surface area contributed by atoms with Gasteiger partial charge in [0.1, 0.15) is 5.82 Å². The van der Waals surface area contributed by atoms with Gasteiger partial charge in [-0.2, -0.15) is 9.97 Å². The minimum atomic E-state index is -0.633. The molecule has 1 aromatic carbocycles. The summed E-state index contributed by atoms with van der Waals surface area (Å²) in [5, 5.41) is 0.0436. The number of halogens is 2. The summed E-state index contributed by atoms with van der Waals surface area (Å²) in [5.74, 6) is -0.0107. The molecule has 0 bridgehead atoms. The molecule has 0 atom stereocenters. The zero-order chi connectivity index (χ0) is 14.7. The van der Waals surface area contributed by atoms with Gasteiger partial charge in [0.25, 0.3) is 0 Å². The number of hydrogen-bond acceptors (Lipinski definition) is 6. The summed E-state index contributed by atoms with van der Waals surface area (Å²) in [4.78, 5) is 7.92. The van der Waals surface area contributed by atoms with E-state index in [-0.39, 0.29) is 34.2 Å². The molecule has 1 heterocycles. The van der Waals surface area contributed by atoms with Crippen molar-refractivity contribution in [3.8, 4) is 23.5 Å². The lowest BCUT2D eigenvalue weighted by Gasteiger charge is -2.09. The summed E-state index contributed by atoms with van der Waals surface area (Å²) >= 11 is 5.86. The van der Waals surface area contributed by atoms with Crippen LogP contribution in [-0.2, 0) is 0 Å². The highest BCUT2D eigenvalue weighted by Crippen LogP contribution is 2.32. The molecule has 0 fully saturated rings. The van der Waals surface area contributed by atoms with Crippen molar-refractivity contribution in [2.45, 2.75) is 0 Å². The molecule has 2 rings (SSSR count). The van der Waals surface area contributed by atoms with Crippen molar-refractivity contribution < 1.29 is 18.6 Å². The lowest BCUT2D eigenvalue weighted by atomic mass is 10.3. The molecule has 0 saturated carbocycles. The Labute approximate surface area is 119 Å². The zero-order valence-electron chi connectivity index (χ0n) is 10.7. The van der Waals surface area contributed by atoms with Gasteiger partial charge in [-0.1, -0.05) is 11.6 Å². The fraction of sp³-hybridized carbons (Fsp3) is 0.167. The Morgan fingerprint density at radius 3 is 2.25 bits per heavy atom. The van der Waals surface area contributed by atoms with Crippen LogP contribution in [0.4, 0.5) is 10.1 Å².